The molecule has 6 heteroatoms. The number of hydrogen-bond donors (Lipinski definition) is 1. The summed E-state index contributed by atoms with van der Waals surface area (Å²) in [7, 11) is 0. The number of fused-ring (bicyclic) bond motifs is 1. The van der Waals surface area contributed by atoms with Gasteiger partial charge >= 0.3 is 6.18 Å². The normalized spacial score (nSPS) is 21.1. The highest BCUT2D eigenvalue weighted by atomic mass is 19.4. The first-order valence-corrected chi connectivity index (χ1v) is 9.06. The van der Waals surface area contributed by atoms with E-state index in [2.05, 4.69) is 17.2 Å². The quantitative estimate of drug-likeness (QED) is 0.856. The van der Waals surface area contributed by atoms with Gasteiger partial charge in [0.1, 0.15) is 11.5 Å². The highest BCUT2D eigenvalue weighted by Crippen LogP contribution is 2.32. The molecule has 3 rings (SSSR count). The molecule has 2 aromatic rings. The minimum Gasteiger partial charge on any atom is -0.316 e. The van der Waals surface area contributed by atoms with Crippen molar-refractivity contribution < 1.29 is 18.0 Å². The maximum absolute atomic E-state index is 13.1. The predicted octanol–water partition coefficient (Wildman–Crippen LogP) is 4.39. The molecule has 0 spiro atoms. The number of halogens is 3. The summed E-state index contributed by atoms with van der Waals surface area (Å²) in [6, 6.07) is 7.72. The van der Waals surface area contributed by atoms with Gasteiger partial charge in [0.05, 0.1) is 5.52 Å². The van der Waals surface area contributed by atoms with Crippen LogP contribution in [0.1, 0.15) is 37.4 Å². The number of piperidine rings is 1. The lowest BCUT2D eigenvalue weighted by Gasteiger charge is -2.31. The summed E-state index contributed by atoms with van der Waals surface area (Å²) in [5, 5.41) is 3.96. The highest BCUT2D eigenvalue weighted by Gasteiger charge is 2.33. The number of alkyl halides is 3. The molecule has 0 amide bonds. The summed E-state index contributed by atoms with van der Waals surface area (Å²) in [6.45, 7) is 3.91. The van der Waals surface area contributed by atoms with E-state index < -0.39 is 11.9 Å². The molecule has 0 aliphatic carbocycles. The SMILES string of the molecule is CC[C@H]1CNCC[C@H]1CC(=O)Cc1cc(C(F)(F)F)nc2ccccc12. The van der Waals surface area contributed by atoms with Gasteiger partial charge in [-0.05, 0) is 49.0 Å². The second-order valence-electron chi connectivity index (χ2n) is 7.02. The van der Waals surface area contributed by atoms with Crippen LogP contribution in [0.3, 0.4) is 0 Å². The van der Waals surface area contributed by atoms with Crippen molar-refractivity contribution in [3.8, 4) is 0 Å². The Morgan fingerprint density at radius 1 is 1.27 bits per heavy atom. The standard InChI is InChI=1S/C20H23F3N2O/c1-2-13-12-24-8-7-14(13)9-16(26)10-15-11-19(20(21,22)23)25-18-6-4-3-5-17(15)18/h3-6,11,13-14,24H,2,7-10,12H2,1H3/t13-,14-/m0/s1. The number of nitrogens with zero attached hydrogens (tertiary/aromatic N) is 1. The lowest BCUT2D eigenvalue weighted by atomic mass is 9.80. The number of ketones is 1. The van der Waals surface area contributed by atoms with Crippen molar-refractivity contribution in [3.05, 3.63) is 41.6 Å². The van der Waals surface area contributed by atoms with Gasteiger partial charge in [0, 0.05) is 18.2 Å². The van der Waals surface area contributed by atoms with Crippen LogP contribution in [0.25, 0.3) is 10.9 Å². The molecular weight excluding hydrogens is 341 g/mol. The number of Topliss-reactive ketones (excluding diaryl/α,β-unsaturated/α-hetero) is 1. The molecule has 1 aromatic carbocycles. The van der Waals surface area contributed by atoms with Gasteiger partial charge in [-0.25, -0.2) is 4.98 Å². The van der Waals surface area contributed by atoms with Crippen LogP contribution in [-0.4, -0.2) is 23.9 Å². The molecule has 1 aliphatic heterocycles. The minimum atomic E-state index is -4.52. The van der Waals surface area contributed by atoms with Gasteiger partial charge in [-0.2, -0.15) is 13.2 Å². The maximum Gasteiger partial charge on any atom is 0.433 e. The number of carbonyl (C=O) groups excluding carboxylic acids is 1. The Hall–Kier alpha value is -1.95. The van der Waals surface area contributed by atoms with E-state index >= 15 is 0 Å². The fourth-order valence-corrected chi connectivity index (χ4v) is 3.84. The van der Waals surface area contributed by atoms with Gasteiger partial charge in [0.25, 0.3) is 0 Å². The van der Waals surface area contributed by atoms with E-state index in [1.165, 1.54) is 0 Å². The first kappa shape index (κ1) is 18.8. The van der Waals surface area contributed by atoms with Crippen molar-refractivity contribution in [3.63, 3.8) is 0 Å². The molecule has 1 fully saturated rings. The van der Waals surface area contributed by atoms with Crippen molar-refractivity contribution >= 4 is 16.7 Å². The molecule has 0 bridgehead atoms. The predicted molar refractivity (Wildman–Crippen MR) is 94.8 cm³/mol. The Bertz CT molecular complexity index is 788. The second-order valence-corrected chi connectivity index (χ2v) is 7.02. The van der Waals surface area contributed by atoms with Crippen molar-refractivity contribution in [1.29, 1.82) is 0 Å². The van der Waals surface area contributed by atoms with Crippen LogP contribution in [0.4, 0.5) is 13.2 Å². The first-order chi connectivity index (χ1) is 12.4. The Morgan fingerprint density at radius 3 is 2.77 bits per heavy atom. The molecule has 140 valence electrons. The number of aromatic nitrogens is 1. The maximum atomic E-state index is 13.1. The van der Waals surface area contributed by atoms with Gasteiger partial charge in [0.2, 0.25) is 0 Å². The summed E-state index contributed by atoms with van der Waals surface area (Å²) in [4.78, 5) is 16.3. The van der Waals surface area contributed by atoms with Crippen LogP contribution in [0, 0.1) is 11.8 Å². The van der Waals surface area contributed by atoms with E-state index in [1.54, 1.807) is 24.3 Å². The Labute approximate surface area is 151 Å². The third-order valence-corrected chi connectivity index (χ3v) is 5.26. The zero-order chi connectivity index (χ0) is 18.7. The van der Waals surface area contributed by atoms with E-state index in [0.29, 0.717) is 29.2 Å². The summed E-state index contributed by atoms with van der Waals surface area (Å²) < 4.78 is 39.4. The van der Waals surface area contributed by atoms with Crippen LogP contribution in [0.15, 0.2) is 30.3 Å². The third-order valence-electron chi connectivity index (χ3n) is 5.26. The van der Waals surface area contributed by atoms with E-state index in [1.807, 2.05) is 0 Å². The fourth-order valence-electron chi connectivity index (χ4n) is 3.84. The third kappa shape index (κ3) is 4.23. The second kappa shape index (κ2) is 7.74. The Kier molecular flexibility index (Phi) is 5.61. The monoisotopic (exact) mass is 364 g/mol. The summed E-state index contributed by atoms with van der Waals surface area (Å²) in [5.74, 6) is 0.761. The van der Waals surface area contributed by atoms with Crippen molar-refractivity contribution in [2.24, 2.45) is 11.8 Å². The molecule has 26 heavy (non-hydrogen) atoms. The van der Waals surface area contributed by atoms with Crippen LogP contribution in [0.5, 0.6) is 0 Å². The van der Waals surface area contributed by atoms with E-state index in [0.717, 1.165) is 32.0 Å². The molecule has 3 nitrogen and oxygen atoms in total. The number of rotatable bonds is 5. The number of para-hydroxylation sites is 1. The van der Waals surface area contributed by atoms with Crippen LogP contribution in [-0.2, 0) is 17.4 Å². The van der Waals surface area contributed by atoms with Crippen LogP contribution >= 0.6 is 0 Å². The average molecular weight is 364 g/mol. The van der Waals surface area contributed by atoms with Crippen LogP contribution in [0.2, 0.25) is 0 Å². The van der Waals surface area contributed by atoms with E-state index in [9.17, 15) is 18.0 Å². The number of nitrogens with one attached hydrogen (secondary N) is 1. The number of benzene rings is 1. The zero-order valence-corrected chi connectivity index (χ0v) is 14.8. The molecule has 1 aromatic heterocycles. The summed E-state index contributed by atoms with van der Waals surface area (Å²) >= 11 is 0. The lowest BCUT2D eigenvalue weighted by molar-refractivity contribution is -0.141. The highest BCUT2D eigenvalue weighted by molar-refractivity contribution is 5.89. The number of hydrogen-bond acceptors (Lipinski definition) is 3. The van der Waals surface area contributed by atoms with Crippen molar-refractivity contribution in [1.82, 2.24) is 10.3 Å². The molecule has 1 saturated heterocycles. The summed E-state index contributed by atoms with van der Waals surface area (Å²) in [6.07, 6.45) is -2.13. The zero-order valence-electron chi connectivity index (χ0n) is 14.8. The molecule has 0 saturated carbocycles. The largest absolute Gasteiger partial charge is 0.433 e. The van der Waals surface area contributed by atoms with Gasteiger partial charge in [0.15, 0.2) is 0 Å². The lowest BCUT2D eigenvalue weighted by Crippen LogP contribution is -2.37. The Balaban J connectivity index is 1.84. The van der Waals surface area contributed by atoms with Gasteiger partial charge < -0.3 is 5.32 Å². The van der Waals surface area contributed by atoms with Gasteiger partial charge in [-0.3, -0.25) is 4.79 Å². The van der Waals surface area contributed by atoms with Gasteiger partial charge in [-0.1, -0.05) is 31.5 Å². The molecule has 1 aliphatic rings. The molecule has 2 heterocycles. The average Bonchev–Trinajstić information content (AvgIpc) is 2.61. The topological polar surface area (TPSA) is 42.0 Å². The molecule has 2 atom stereocenters. The molecule has 0 unspecified atom stereocenters. The molecule has 0 radical (unpaired) electrons. The van der Waals surface area contributed by atoms with Gasteiger partial charge in [-0.15, -0.1) is 0 Å². The molecular formula is C20H23F3N2O. The fraction of sp³-hybridized carbons (Fsp3) is 0.500. The first-order valence-electron chi connectivity index (χ1n) is 9.06. The smallest absolute Gasteiger partial charge is 0.316 e. The number of carbonyl (C=O) groups is 1. The van der Waals surface area contributed by atoms with Crippen molar-refractivity contribution in [2.75, 3.05) is 13.1 Å². The summed E-state index contributed by atoms with van der Waals surface area (Å²) in [5.41, 5.74) is -0.249. The minimum absolute atomic E-state index is 0.000160. The van der Waals surface area contributed by atoms with Crippen LogP contribution < -0.4 is 5.32 Å². The van der Waals surface area contributed by atoms with E-state index in [-0.39, 0.29) is 17.7 Å². The number of pyridine rings is 1. The van der Waals surface area contributed by atoms with E-state index in [4.69, 9.17) is 0 Å². The van der Waals surface area contributed by atoms with Crippen molar-refractivity contribution in [2.45, 2.75) is 38.8 Å². The molecule has 1 N–H and O–H groups in total. The Morgan fingerprint density at radius 2 is 2.04 bits per heavy atom.